The van der Waals surface area contributed by atoms with Crippen LogP contribution in [0, 0.1) is 18.6 Å². The molecule has 2 aromatic rings. The molecule has 5 heteroatoms. The Morgan fingerprint density at radius 3 is 2.61 bits per heavy atom. The van der Waals surface area contributed by atoms with Crippen LogP contribution in [-0.2, 0) is 0 Å². The van der Waals surface area contributed by atoms with Gasteiger partial charge in [-0.15, -0.1) is 0 Å². The normalized spacial score (nSPS) is 12.5. The lowest BCUT2D eigenvalue weighted by Gasteiger charge is -2.13. The molecule has 0 spiro atoms. The predicted molar refractivity (Wildman–Crippen MR) is 67.1 cm³/mol. The van der Waals surface area contributed by atoms with E-state index in [4.69, 9.17) is 0 Å². The zero-order valence-corrected chi connectivity index (χ0v) is 11.1. The van der Waals surface area contributed by atoms with Crippen molar-refractivity contribution in [3.05, 3.63) is 63.4 Å². The largest absolute Gasteiger partial charge is 0.382 e. The number of aliphatic hydroxyl groups excluding tert-OH is 1. The molecule has 0 saturated carbocycles. The highest BCUT2D eigenvalue weighted by molar-refractivity contribution is 9.10. The SMILES string of the molecule is Cc1ccc(C(O)c2ncccc2Br)c(F)c1F. The zero-order valence-electron chi connectivity index (χ0n) is 9.49. The van der Waals surface area contributed by atoms with Gasteiger partial charge in [-0.05, 0) is 40.5 Å². The van der Waals surface area contributed by atoms with Crippen LogP contribution in [0.2, 0.25) is 0 Å². The first-order valence-corrected chi connectivity index (χ1v) is 6.04. The van der Waals surface area contributed by atoms with Crippen molar-refractivity contribution in [3.63, 3.8) is 0 Å². The minimum Gasteiger partial charge on any atom is -0.382 e. The molecule has 0 aliphatic carbocycles. The molecule has 1 heterocycles. The smallest absolute Gasteiger partial charge is 0.165 e. The number of halogens is 3. The summed E-state index contributed by atoms with van der Waals surface area (Å²) >= 11 is 3.21. The van der Waals surface area contributed by atoms with E-state index >= 15 is 0 Å². The quantitative estimate of drug-likeness (QED) is 0.920. The summed E-state index contributed by atoms with van der Waals surface area (Å²) in [6, 6.07) is 6.13. The fourth-order valence-electron chi connectivity index (χ4n) is 1.62. The van der Waals surface area contributed by atoms with E-state index in [-0.39, 0.29) is 16.8 Å². The lowest BCUT2D eigenvalue weighted by atomic mass is 10.0. The lowest BCUT2D eigenvalue weighted by Crippen LogP contribution is -2.07. The standard InChI is InChI=1S/C13H10BrF2NO/c1-7-4-5-8(11(16)10(7)15)13(18)12-9(14)3-2-6-17-12/h2-6,13,18H,1H3. The fourth-order valence-corrected chi connectivity index (χ4v) is 2.09. The van der Waals surface area contributed by atoms with Gasteiger partial charge in [-0.1, -0.05) is 12.1 Å². The number of aromatic nitrogens is 1. The minimum atomic E-state index is -1.31. The van der Waals surface area contributed by atoms with Gasteiger partial charge in [0.1, 0.15) is 6.10 Å². The summed E-state index contributed by atoms with van der Waals surface area (Å²) in [5.41, 5.74) is 0.320. The van der Waals surface area contributed by atoms with Gasteiger partial charge in [-0.2, -0.15) is 0 Å². The van der Waals surface area contributed by atoms with Gasteiger partial charge in [0.25, 0.3) is 0 Å². The summed E-state index contributed by atoms with van der Waals surface area (Å²) in [5, 5.41) is 10.1. The maximum absolute atomic E-state index is 13.8. The summed E-state index contributed by atoms with van der Waals surface area (Å²) in [5.74, 6) is -1.99. The molecule has 0 aliphatic rings. The Balaban J connectivity index is 2.50. The molecule has 1 N–H and O–H groups in total. The van der Waals surface area contributed by atoms with Crippen LogP contribution in [0.15, 0.2) is 34.9 Å². The van der Waals surface area contributed by atoms with Gasteiger partial charge in [-0.3, -0.25) is 4.98 Å². The van der Waals surface area contributed by atoms with E-state index in [2.05, 4.69) is 20.9 Å². The lowest BCUT2D eigenvalue weighted by molar-refractivity contribution is 0.207. The second-order valence-corrected chi connectivity index (χ2v) is 4.73. The zero-order chi connectivity index (χ0) is 13.3. The number of rotatable bonds is 2. The van der Waals surface area contributed by atoms with Gasteiger partial charge in [0, 0.05) is 16.2 Å². The minimum absolute atomic E-state index is 0.127. The summed E-state index contributed by atoms with van der Waals surface area (Å²) < 4.78 is 27.7. The molecular weight excluding hydrogens is 304 g/mol. The third-order valence-electron chi connectivity index (χ3n) is 2.65. The van der Waals surface area contributed by atoms with E-state index in [0.29, 0.717) is 4.47 Å². The summed E-state index contributed by atoms with van der Waals surface area (Å²) in [6.07, 6.45) is 0.168. The molecular formula is C13H10BrF2NO. The van der Waals surface area contributed by atoms with E-state index in [0.717, 1.165) is 0 Å². The molecule has 94 valence electrons. The second kappa shape index (κ2) is 5.12. The molecule has 2 nitrogen and oxygen atoms in total. The maximum Gasteiger partial charge on any atom is 0.165 e. The predicted octanol–water partition coefficient (Wildman–Crippen LogP) is 3.51. The second-order valence-electron chi connectivity index (χ2n) is 3.87. The molecule has 0 amide bonds. The third-order valence-corrected chi connectivity index (χ3v) is 3.32. The van der Waals surface area contributed by atoms with Crippen LogP contribution >= 0.6 is 15.9 Å². The highest BCUT2D eigenvalue weighted by atomic mass is 79.9. The van der Waals surface area contributed by atoms with Crippen LogP contribution < -0.4 is 0 Å². The van der Waals surface area contributed by atoms with Crippen LogP contribution in [0.25, 0.3) is 0 Å². The molecule has 0 radical (unpaired) electrons. The number of benzene rings is 1. The number of aliphatic hydroxyl groups is 1. The van der Waals surface area contributed by atoms with Crippen LogP contribution in [0.4, 0.5) is 8.78 Å². The highest BCUT2D eigenvalue weighted by Gasteiger charge is 2.21. The third kappa shape index (κ3) is 2.28. The molecule has 0 saturated heterocycles. The molecule has 1 atom stereocenters. The van der Waals surface area contributed by atoms with E-state index < -0.39 is 17.7 Å². The molecule has 0 fully saturated rings. The Morgan fingerprint density at radius 1 is 1.22 bits per heavy atom. The van der Waals surface area contributed by atoms with Crippen LogP contribution in [-0.4, -0.2) is 10.1 Å². The number of nitrogens with zero attached hydrogens (tertiary/aromatic N) is 1. The molecule has 1 aromatic carbocycles. The van der Waals surface area contributed by atoms with Crippen molar-refractivity contribution in [2.24, 2.45) is 0 Å². The Hall–Kier alpha value is -1.33. The first-order valence-electron chi connectivity index (χ1n) is 5.25. The molecule has 0 aliphatic heterocycles. The Morgan fingerprint density at radius 2 is 1.94 bits per heavy atom. The van der Waals surface area contributed by atoms with Crippen molar-refractivity contribution in [2.45, 2.75) is 13.0 Å². The van der Waals surface area contributed by atoms with Crippen molar-refractivity contribution in [2.75, 3.05) is 0 Å². The van der Waals surface area contributed by atoms with Crippen LogP contribution in [0.3, 0.4) is 0 Å². The van der Waals surface area contributed by atoms with Gasteiger partial charge >= 0.3 is 0 Å². The first-order chi connectivity index (χ1) is 8.52. The number of hydrogen-bond acceptors (Lipinski definition) is 2. The number of pyridine rings is 1. The summed E-state index contributed by atoms with van der Waals surface area (Å²) in [4.78, 5) is 3.96. The van der Waals surface area contributed by atoms with E-state index in [1.807, 2.05) is 0 Å². The van der Waals surface area contributed by atoms with Gasteiger partial charge in [0.2, 0.25) is 0 Å². The van der Waals surface area contributed by atoms with Crippen LogP contribution in [0.1, 0.15) is 22.9 Å². The van der Waals surface area contributed by atoms with Crippen molar-refractivity contribution in [1.29, 1.82) is 0 Å². The molecule has 1 aromatic heterocycles. The average Bonchev–Trinajstić information content (AvgIpc) is 2.36. The van der Waals surface area contributed by atoms with Crippen molar-refractivity contribution in [3.8, 4) is 0 Å². The van der Waals surface area contributed by atoms with Gasteiger partial charge < -0.3 is 5.11 Å². The molecule has 0 bridgehead atoms. The summed E-state index contributed by atoms with van der Waals surface area (Å²) in [7, 11) is 0. The molecule has 2 rings (SSSR count). The topological polar surface area (TPSA) is 33.1 Å². The molecule has 18 heavy (non-hydrogen) atoms. The van der Waals surface area contributed by atoms with Gasteiger partial charge in [-0.25, -0.2) is 8.78 Å². The average molecular weight is 314 g/mol. The van der Waals surface area contributed by atoms with E-state index in [9.17, 15) is 13.9 Å². The Kier molecular flexibility index (Phi) is 3.73. The number of hydrogen-bond donors (Lipinski definition) is 1. The summed E-state index contributed by atoms with van der Waals surface area (Å²) in [6.45, 7) is 1.46. The fraction of sp³-hybridized carbons (Fsp3) is 0.154. The Labute approximate surface area is 111 Å². The van der Waals surface area contributed by atoms with E-state index in [1.165, 1.54) is 25.3 Å². The first kappa shape index (κ1) is 13.1. The Bertz CT molecular complexity index is 589. The van der Waals surface area contributed by atoms with Gasteiger partial charge in [0.15, 0.2) is 11.6 Å². The van der Waals surface area contributed by atoms with Crippen LogP contribution in [0.5, 0.6) is 0 Å². The molecule has 1 unspecified atom stereocenters. The van der Waals surface area contributed by atoms with Gasteiger partial charge in [0.05, 0.1) is 5.69 Å². The maximum atomic E-state index is 13.8. The number of aryl methyl sites for hydroxylation is 1. The highest BCUT2D eigenvalue weighted by Crippen LogP contribution is 2.29. The van der Waals surface area contributed by atoms with Crippen molar-refractivity contribution >= 4 is 15.9 Å². The van der Waals surface area contributed by atoms with Crippen molar-refractivity contribution < 1.29 is 13.9 Å². The van der Waals surface area contributed by atoms with E-state index in [1.54, 1.807) is 12.1 Å². The monoisotopic (exact) mass is 313 g/mol. The van der Waals surface area contributed by atoms with Crippen molar-refractivity contribution in [1.82, 2.24) is 4.98 Å².